The Morgan fingerprint density at radius 3 is 2.24 bits per heavy atom. The van der Waals surface area contributed by atoms with E-state index in [0.717, 1.165) is 18.4 Å². The molecule has 10 heteroatoms. The molecule has 2 rings (SSSR count). The molecule has 1 aliphatic heterocycles. The molecule has 4 N–H and O–H groups in total. The first-order valence-electron chi connectivity index (χ1n) is 13.6. The van der Waals surface area contributed by atoms with E-state index in [4.69, 9.17) is 10.5 Å². The number of carbonyl (C=O) groups is 4. The number of piperidine rings is 1. The predicted octanol–water partition coefficient (Wildman–Crippen LogP) is 2.27. The van der Waals surface area contributed by atoms with Crippen molar-refractivity contribution in [3.05, 3.63) is 35.9 Å². The molecule has 1 unspecified atom stereocenters. The SMILES string of the molecule is CCCCC(NC(=O)[C@@H](CCCCF)NC(=O)[C@H](N)Cc1ccccc1)C(=O)N1CCC(C(=O)OC)CC1. The van der Waals surface area contributed by atoms with Crippen LogP contribution in [-0.4, -0.2) is 73.6 Å². The second-order valence-electron chi connectivity index (χ2n) is 9.87. The molecule has 1 heterocycles. The topological polar surface area (TPSA) is 131 Å². The molecular formula is C28H43FN4O5. The number of unbranched alkanes of at least 4 members (excludes halogenated alkanes) is 2. The van der Waals surface area contributed by atoms with E-state index in [9.17, 15) is 23.6 Å². The van der Waals surface area contributed by atoms with Gasteiger partial charge >= 0.3 is 5.97 Å². The van der Waals surface area contributed by atoms with Crippen molar-refractivity contribution in [3.63, 3.8) is 0 Å². The molecular weight excluding hydrogens is 491 g/mol. The second-order valence-corrected chi connectivity index (χ2v) is 9.87. The van der Waals surface area contributed by atoms with E-state index in [-0.39, 0.29) is 30.6 Å². The monoisotopic (exact) mass is 534 g/mol. The smallest absolute Gasteiger partial charge is 0.308 e. The maximum atomic E-state index is 13.3. The molecule has 1 aromatic carbocycles. The first-order chi connectivity index (χ1) is 18.3. The van der Waals surface area contributed by atoms with Gasteiger partial charge in [-0.2, -0.15) is 0 Å². The number of likely N-dealkylation sites (tertiary alicyclic amines) is 1. The van der Waals surface area contributed by atoms with Crippen LogP contribution in [0.3, 0.4) is 0 Å². The van der Waals surface area contributed by atoms with Gasteiger partial charge in [0.1, 0.15) is 12.1 Å². The number of nitrogens with zero attached hydrogens (tertiary/aromatic N) is 1. The molecule has 1 aromatic rings. The van der Waals surface area contributed by atoms with Gasteiger partial charge in [0, 0.05) is 13.1 Å². The number of esters is 1. The summed E-state index contributed by atoms with van der Waals surface area (Å²) in [6.07, 6.45) is 4.26. The zero-order valence-corrected chi connectivity index (χ0v) is 22.6. The van der Waals surface area contributed by atoms with Crippen molar-refractivity contribution in [2.75, 3.05) is 26.9 Å². The summed E-state index contributed by atoms with van der Waals surface area (Å²) in [4.78, 5) is 53.0. The number of hydrogen-bond donors (Lipinski definition) is 3. The minimum Gasteiger partial charge on any atom is -0.469 e. The van der Waals surface area contributed by atoms with E-state index < -0.39 is 36.6 Å². The van der Waals surface area contributed by atoms with Crippen LogP contribution in [0.25, 0.3) is 0 Å². The molecule has 3 atom stereocenters. The third-order valence-electron chi connectivity index (χ3n) is 6.95. The number of hydrogen-bond acceptors (Lipinski definition) is 6. The Balaban J connectivity index is 2.05. The van der Waals surface area contributed by atoms with Gasteiger partial charge in [-0.25, -0.2) is 0 Å². The van der Waals surface area contributed by atoms with E-state index in [1.807, 2.05) is 37.3 Å². The van der Waals surface area contributed by atoms with Crippen LogP contribution in [0, 0.1) is 5.92 Å². The van der Waals surface area contributed by atoms with Gasteiger partial charge in [-0.05, 0) is 50.5 Å². The van der Waals surface area contributed by atoms with Crippen molar-refractivity contribution in [3.8, 4) is 0 Å². The van der Waals surface area contributed by atoms with Crippen molar-refractivity contribution in [1.82, 2.24) is 15.5 Å². The number of ether oxygens (including phenoxy) is 1. The number of halogens is 1. The average Bonchev–Trinajstić information content (AvgIpc) is 2.94. The highest BCUT2D eigenvalue weighted by Crippen LogP contribution is 2.20. The fourth-order valence-electron chi connectivity index (χ4n) is 4.61. The molecule has 1 saturated heterocycles. The fourth-order valence-corrected chi connectivity index (χ4v) is 4.61. The Morgan fingerprint density at radius 1 is 1.00 bits per heavy atom. The summed E-state index contributed by atoms with van der Waals surface area (Å²) in [6, 6.07) is 6.79. The minimum atomic E-state index is -0.933. The van der Waals surface area contributed by atoms with Gasteiger partial charge in [-0.3, -0.25) is 23.6 Å². The molecule has 0 radical (unpaired) electrons. The zero-order valence-electron chi connectivity index (χ0n) is 22.6. The highest BCUT2D eigenvalue weighted by Gasteiger charge is 2.33. The van der Waals surface area contributed by atoms with Crippen LogP contribution in [0.5, 0.6) is 0 Å². The molecule has 0 aliphatic carbocycles. The van der Waals surface area contributed by atoms with E-state index in [0.29, 0.717) is 45.2 Å². The summed E-state index contributed by atoms with van der Waals surface area (Å²) in [6.45, 7) is 2.29. The van der Waals surface area contributed by atoms with Gasteiger partial charge in [0.2, 0.25) is 17.7 Å². The Hall–Kier alpha value is -3.01. The van der Waals surface area contributed by atoms with E-state index in [1.165, 1.54) is 7.11 Å². The lowest BCUT2D eigenvalue weighted by molar-refractivity contribution is -0.149. The summed E-state index contributed by atoms with van der Waals surface area (Å²) in [5, 5.41) is 5.57. The maximum Gasteiger partial charge on any atom is 0.308 e. The normalized spacial score (nSPS) is 16.3. The number of amides is 3. The van der Waals surface area contributed by atoms with Gasteiger partial charge in [0.15, 0.2) is 0 Å². The summed E-state index contributed by atoms with van der Waals surface area (Å²) in [5.41, 5.74) is 7.01. The zero-order chi connectivity index (χ0) is 27.9. The average molecular weight is 535 g/mol. The van der Waals surface area contributed by atoms with Crippen LogP contribution in [0.1, 0.15) is 63.9 Å². The number of carbonyl (C=O) groups excluding carboxylic acids is 4. The molecule has 3 amide bonds. The Labute approximate surface area is 225 Å². The summed E-state index contributed by atoms with van der Waals surface area (Å²) in [5.74, 6) is -1.67. The molecule has 0 bridgehead atoms. The van der Waals surface area contributed by atoms with Gasteiger partial charge in [0.05, 0.1) is 25.7 Å². The number of rotatable bonds is 15. The molecule has 212 valence electrons. The van der Waals surface area contributed by atoms with Gasteiger partial charge < -0.3 is 26.0 Å². The number of nitrogens with one attached hydrogen (secondary N) is 2. The lowest BCUT2D eigenvalue weighted by Gasteiger charge is -2.34. The quantitative estimate of drug-likeness (QED) is 0.234. The fraction of sp³-hybridized carbons (Fsp3) is 0.643. The molecule has 0 spiro atoms. The van der Waals surface area contributed by atoms with E-state index >= 15 is 0 Å². The van der Waals surface area contributed by atoms with Crippen molar-refractivity contribution < 1.29 is 28.3 Å². The van der Waals surface area contributed by atoms with Crippen molar-refractivity contribution in [1.29, 1.82) is 0 Å². The summed E-state index contributed by atoms with van der Waals surface area (Å²) >= 11 is 0. The second kappa shape index (κ2) is 16.8. The highest BCUT2D eigenvalue weighted by molar-refractivity contribution is 5.93. The van der Waals surface area contributed by atoms with Crippen LogP contribution in [0.4, 0.5) is 4.39 Å². The van der Waals surface area contributed by atoms with Crippen molar-refractivity contribution in [2.45, 2.75) is 82.8 Å². The van der Waals surface area contributed by atoms with Gasteiger partial charge in [0.25, 0.3) is 0 Å². The first kappa shape index (κ1) is 31.2. The molecule has 0 saturated carbocycles. The van der Waals surface area contributed by atoms with Crippen LogP contribution < -0.4 is 16.4 Å². The Bertz CT molecular complexity index is 892. The number of benzene rings is 1. The first-order valence-corrected chi connectivity index (χ1v) is 13.6. The van der Waals surface area contributed by atoms with Crippen molar-refractivity contribution in [2.24, 2.45) is 11.7 Å². The molecule has 1 fully saturated rings. The molecule has 1 aliphatic rings. The molecule has 9 nitrogen and oxygen atoms in total. The predicted molar refractivity (Wildman–Crippen MR) is 143 cm³/mol. The van der Waals surface area contributed by atoms with Crippen molar-refractivity contribution >= 4 is 23.7 Å². The number of methoxy groups -OCH3 is 1. The molecule has 0 aromatic heterocycles. The maximum absolute atomic E-state index is 13.3. The van der Waals surface area contributed by atoms with Crippen LogP contribution in [0.2, 0.25) is 0 Å². The van der Waals surface area contributed by atoms with E-state index in [1.54, 1.807) is 4.90 Å². The number of alkyl halides is 1. The largest absolute Gasteiger partial charge is 0.469 e. The van der Waals surface area contributed by atoms with Crippen LogP contribution in [0.15, 0.2) is 30.3 Å². The lowest BCUT2D eigenvalue weighted by Crippen LogP contribution is -2.57. The third-order valence-corrected chi connectivity index (χ3v) is 6.95. The van der Waals surface area contributed by atoms with Gasteiger partial charge in [-0.15, -0.1) is 0 Å². The summed E-state index contributed by atoms with van der Waals surface area (Å²) < 4.78 is 17.6. The molecule has 38 heavy (non-hydrogen) atoms. The van der Waals surface area contributed by atoms with Crippen LogP contribution in [-0.2, 0) is 30.3 Å². The Morgan fingerprint density at radius 2 is 1.63 bits per heavy atom. The van der Waals surface area contributed by atoms with Crippen LogP contribution >= 0.6 is 0 Å². The lowest BCUT2D eigenvalue weighted by atomic mass is 9.96. The summed E-state index contributed by atoms with van der Waals surface area (Å²) in [7, 11) is 1.35. The van der Waals surface area contributed by atoms with E-state index in [2.05, 4.69) is 10.6 Å². The standard InChI is InChI=1S/C28H43FN4O5/c1-3-4-12-24(27(36)33-17-14-21(15-18-33)28(37)38-2)32-26(35)23(13-8-9-16-29)31-25(34)22(30)19-20-10-6-5-7-11-20/h5-7,10-11,21-24H,3-4,8-9,12-19,30H2,1-2H3,(H,31,34)(H,32,35)/t22-,23-,24?/m1/s1. The third kappa shape index (κ3) is 10.0. The van der Waals surface area contributed by atoms with Gasteiger partial charge in [-0.1, -0.05) is 50.1 Å². The Kier molecular flexibility index (Phi) is 13.8. The minimum absolute atomic E-state index is 0.204. The number of nitrogens with two attached hydrogens (primary N) is 1. The highest BCUT2D eigenvalue weighted by atomic mass is 19.1.